The third-order valence-corrected chi connectivity index (χ3v) is 7.49. The number of sulfonamides is 1. The van der Waals surface area contributed by atoms with Crippen molar-refractivity contribution in [3.8, 4) is 5.75 Å². The fourth-order valence-electron chi connectivity index (χ4n) is 3.65. The summed E-state index contributed by atoms with van der Waals surface area (Å²) in [4.78, 5) is 12.6. The molecule has 0 unspecified atom stereocenters. The molecule has 0 aliphatic rings. The predicted molar refractivity (Wildman–Crippen MR) is 141 cm³/mol. The highest BCUT2D eigenvalue weighted by Gasteiger charge is 2.34. The molecule has 3 aromatic rings. The van der Waals surface area contributed by atoms with Gasteiger partial charge in [0.15, 0.2) is 0 Å². The number of nitrogens with one attached hydrogen (secondary N) is 1. The van der Waals surface area contributed by atoms with Crippen molar-refractivity contribution >= 4 is 33.2 Å². The number of amides is 1. The lowest BCUT2D eigenvalue weighted by Gasteiger charge is -2.26. The van der Waals surface area contributed by atoms with Crippen LogP contribution < -0.4 is 14.4 Å². The Hall–Kier alpha value is -3.24. The van der Waals surface area contributed by atoms with Crippen molar-refractivity contribution in [3.63, 3.8) is 0 Å². The van der Waals surface area contributed by atoms with E-state index in [0.29, 0.717) is 23.2 Å². The number of carbonyl (C=O) groups excluding carboxylic acids is 1. The number of aryl methyl sites for hydroxylation is 1. The first-order chi connectivity index (χ1) is 17.9. The maximum atomic E-state index is 13.4. The van der Waals surface area contributed by atoms with Crippen LogP contribution in [0.25, 0.3) is 0 Å². The Morgan fingerprint density at radius 1 is 1.03 bits per heavy atom. The van der Waals surface area contributed by atoms with Crippen LogP contribution in [0.2, 0.25) is 5.02 Å². The third-order valence-electron chi connectivity index (χ3n) is 5.40. The van der Waals surface area contributed by atoms with Gasteiger partial charge in [-0.3, -0.25) is 9.10 Å². The largest absolute Gasteiger partial charge is 0.491 e. The normalized spacial score (nSPS) is 11.9. The SMILES string of the molecule is CC(C)Oc1cccc(CCCNC(=O)CN(c2cc(C(F)(F)F)ccc2Cl)S(=O)(=O)c2ccccc2)c1. The molecule has 0 spiro atoms. The van der Waals surface area contributed by atoms with E-state index in [9.17, 15) is 26.4 Å². The molecule has 38 heavy (non-hydrogen) atoms. The molecule has 0 aromatic heterocycles. The Kier molecular flexibility index (Phi) is 9.67. The van der Waals surface area contributed by atoms with Gasteiger partial charge in [-0.15, -0.1) is 0 Å². The van der Waals surface area contributed by atoms with Crippen molar-refractivity contribution in [2.75, 3.05) is 17.4 Å². The van der Waals surface area contributed by atoms with Crippen LogP contribution in [0.5, 0.6) is 5.75 Å². The van der Waals surface area contributed by atoms with Crippen LogP contribution in [0.3, 0.4) is 0 Å². The molecule has 3 aromatic carbocycles. The van der Waals surface area contributed by atoms with Crippen LogP contribution in [-0.4, -0.2) is 33.5 Å². The van der Waals surface area contributed by atoms with E-state index in [1.807, 2.05) is 38.1 Å². The van der Waals surface area contributed by atoms with E-state index in [2.05, 4.69) is 5.32 Å². The highest BCUT2D eigenvalue weighted by molar-refractivity contribution is 7.92. The van der Waals surface area contributed by atoms with Crippen molar-refractivity contribution in [2.45, 2.75) is 43.9 Å². The molecule has 0 fully saturated rings. The second-order valence-corrected chi connectivity index (χ2v) is 11.0. The van der Waals surface area contributed by atoms with Gasteiger partial charge in [0.2, 0.25) is 5.91 Å². The van der Waals surface area contributed by atoms with Crippen molar-refractivity contribution in [1.82, 2.24) is 5.32 Å². The molecule has 0 aliphatic carbocycles. The summed E-state index contributed by atoms with van der Waals surface area (Å²) in [7, 11) is -4.42. The number of halogens is 4. The van der Waals surface area contributed by atoms with Crippen LogP contribution >= 0.6 is 11.6 Å². The summed E-state index contributed by atoms with van der Waals surface area (Å²) in [5.74, 6) is 0.0520. The van der Waals surface area contributed by atoms with Gasteiger partial charge in [0.1, 0.15) is 12.3 Å². The molecule has 1 N–H and O–H groups in total. The Labute approximate surface area is 225 Å². The van der Waals surface area contributed by atoms with Gasteiger partial charge in [0, 0.05) is 6.54 Å². The van der Waals surface area contributed by atoms with Crippen LogP contribution in [0.4, 0.5) is 18.9 Å². The van der Waals surface area contributed by atoms with Gasteiger partial charge in [-0.2, -0.15) is 13.2 Å². The summed E-state index contributed by atoms with van der Waals surface area (Å²) in [5.41, 5.74) is -0.530. The van der Waals surface area contributed by atoms with Crippen LogP contribution in [0.1, 0.15) is 31.4 Å². The highest BCUT2D eigenvalue weighted by atomic mass is 35.5. The zero-order valence-corrected chi connectivity index (χ0v) is 22.4. The maximum Gasteiger partial charge on any atom is 0.416 e. The third kappa shape index (κ3) is 7.88. The lowest BCUT2D eigenvalue weighted by molar-refractivity contribution is -0.137. The maximum absolute atomic E-state index is 13.4. The minimum Gasteiger partial charge on any atom is -0.491 e. The van der Waals surface area contributed by atoms with Crippen molar-refractivity contribution < 1.29 is 31.1 Å². The lowest BCUT2D eigenvalue weighted by atomic mass is 10.1. The van der Waals surface area contributed by atoms with E-state index in [4.69, 9.17) is 16.3 Å². The summed E-state index contributed by atoms with van der Waals surface area (Å²) < 4.78 is 73.2. The van der Waals surface area contributed by atoms with E-state index in [0.717, 1.165) is 23.4 Å². The molecule has 0 saturated carbocycles. The molecular weight excluding hydrogens is 541 g/mol. The van der Waals surface area contributed by atoms with E-state index >= 15 is 0 Å². The fourth-order valence-corrected chi connectivity index (χ4v) is 5.38. The van der Waals surface area contributed by atoms with Gasteiger partial charge in [-0.05, 0) is 74.7 Å². The number of hydrogen-bond donors (Lipinski definition) is 1. The zero-order chi connectivity index (χ0) is 27.9. The summed E-state index contributed by atoms with van der Waals surface area (Å²) in [6.45, 7) is 3.33. The standard InChI is InChI=1S/C27H28ClF3N2O4S/c1-19(2)37-22-10-6-8-20(16-22)9-7-15-32-26(34)18-33(38(35,36)23-11-4-3-5-12-23)25-17-21(27(29,30)31)13-14-24(25)28/h3-6,8,10-14,16-17,19H,7,9,15,18H2,1-2H3,(H,32,34). The van der Waals surface area contributed by atoms with E-state index in [-0.39, 0.29) is 22.6 Å². The van der Waals surface area contributed by atoms with Gasteiger partial charge >= 0.3 is 6.18 Å². The number of carbonyl (C=O) groups is 1. The summed E-state index contributed by atoms with van der Waals surface area (Å²) in [5, 5.41) is 2.40. The van der Waals surface area contributed by atoms with Gasteiger partial charge in [-0.25, -0.2) is 8.42 Å². The average Bonchev–Trinajstić information content (AvgIpc) is 2.85. The topological polar surface area (TPSA) is 75.7 Å². The summed E-state index contributed by atoms with van der Waals surface area (Å²) in [6.07, 6.45) is -3.53. The van der Waals surface area contributed by atoms with Crippen LogP contribution in [0.15, 0.2) is 77.7 Å². The molecule has 3 rings (SSSR count). The Morgan fingerprint density at radius 2 is 1.74 bits per heavy atom. The van der Waals surface area contributed by atoms with Crippen molar-refractivity contribution in [1.29, 1.82) is 0 Å². The quantitative estimate of drug-likeness (QED) is 0.284. The second-order valence-electron chi connectivity index (χ2n) is 8.76. The van der Waals surface area contributed by atoms with Crippen molar-refractivity contribution in [3.05, 3.63) is 88.9 Å². The first kappa shape index (κ1) is 29.3. The zero-order valence-electron chi connectivity index (χ0n) is 20.8. The number of nitrogens with zero attached hydrogens (tertiary/aromatic N) is 1. The number of alkyl halides is 3. The Morgan fingerprint density at radius 3 is 2.39 bits per heavy atom. The van der Waals surface area contributed by atoms with Gasteiger partial charge in [0.25, 0.3) is 10.0 Å². The molecule has 0 heterocycles. The van der Waals surface area contributed by atoms with Gasteiger partial charge < -0.3 is 10.1 Å². The summed E-state index contributed by atoms with van der Waals surface area (Å²) >= 11 is 6.14. The number of rotatable bonds is 11. The van der Waals surface area contributed by atoms with Crippen molar-refractivity contribution in [2.24, 2.45) is 0 Å². The molecule has 0 aliphatic heterocycles. The second kappa shape index (κ2) is 12.5. The molecular formula is C27H28ClF3N2O4S. The molecule has 0 saturated heterocycles. The summed E-state index contributed by atoms with van der Waals surface area (Å²) in [6, 6.07) is 17.0. The smallest absolute Gasteiger partial charge is 0.416 e. The fraction of sp³-hybridized carbons (Fsp3) is 0.296. The minimum atomic E-state index is -4.73. The predicted octanol–water partition coefficient (Wildman–Crippen LogP) is 6.09. The molecule has 0 radical (unpaired) electrons. The molecule has 6 nitrogen and oxygen atoms in total. The Balaban J connectivity index is 1.76. The molecule has 204 valence electrons. The molecule has 1 amide bonds. The lowest BCUT2D eigenvalue weighted by Crippen LogP contribution is -2.41. The minimum absolute atomic E-state index is 0.0324. The van der Waals surface area contributed by atoms with Gasteiger partial charge in [0.05, 0.1) is 27.3 Å². The number of anilines is 1. The number of benzene rings is 3. The van der Waals surface area contributed by atoms with E-state index in [1.165, 1.54) is 24.3 Å². The first-order valence-corrected chi connectivity index (χ1v) is 13.7. The average molecular weight is 569 g/mol. The van der Waals surface area contributed by atoms with Crippen LogP contribution in [-0.2, 0) is 27.4 Å². The molecule has 11 heteroatoms. The molecule has 0 bridgehead atoms. The first-order valence-electron chi connectivity index (χ1n) is 11.8. The molecule has 0 atom stereocenters. The monoisotopic (exact) mass is 568 g/mol. The Bertz CT molecular complexity index is 1350. The number of hydrogen-bond acceptors (Lipinski definition) is 4. The van der Waals surface area contributed by atoms with Gasteiger partial charge in [-0.1, -0.05) is 41.9 Å². The van der Waals surface area contributed by atoms with Crippen LogP contribution in [0, 0.1) is 0 Å². The highest BCUT2D eigenvalue weighted by Crippen LogP contribution is 2.37. The number of ether oxygens (including phenoxy) is 1. The van der Waals surface area contributed by atoms with E-state index < -0.39 is 39.9 Å². The van der Waals surface area contributed by atoms with E-state index in [1.54, 1.807) is 6.07 Å².